The molecule has 0 saturated heterocycles. The molecule has 1 aromatic carbocycles. The number of benzene rings is 1. The summed E-state index contributed by atoms with van der Waals surface area (Å²) in [7, 11) is 0. The Morgan fingerprint density at radius 3 is 2.76 bits per heavy atom. The van der Waals surface area contributed by atoms with Crippen LogP contribution in [0.4, 0.5) is 11.4 Å². The van der Waals surface area contributed by atoms with Gasteiger partial charge in [0.25, 0.3) is 0 Å². The maximum atomic E-state index is 5.99. The van der Waals surface area contributed by atoms with Crippen molar-refractivity contribution in [3.05, 3.63) is 53.9 Å². The molecule has 2 aromatic rings. The van der Waals surface area contributed by atoms with Crippen molar-refractivity contribution in [3.8, 4) is 0 Å². The first-order valence-electron chi connectivity index (χ1n) is 5.86. The third-order valence-electron chi connectivity index (χ3n) is 3.30. The van der Waals surface area contributed by atoms with Crippen molar-refractivity contribution < 1.29 is 0 Å². The van der Waals surface area contributed by atoms with Gasteiger partial charge >= 0.3 is 0 Å². The minimum absolute atomic E-state index is 0.808. The van der Waals surface area contributed by atoms with E-state index in [1.54, 1.807) is 6.20 Å². The lowest BCUT2D eigenvalue weighted by atomic mass is 10.0. The average molecular weight is 225 g/mol. The van der Waals surface area contributed by atoms with Crippen LogP contribution in [0.15, 0.2) is 42.7 Å². The van der Waals surface area contributed by atoms with E-state index >= 15 is 0 Å². The number of nitrogens with zero attached hydrogens (tertiary/aromatic N) is 2. The van der Waals surface area contributed by atoms with Crippen molar-refractivity contribution in [2.75, 3.05) is 17.2 Å². The topological polar surface area (TPSA) is 42.1 Å². The molecule has 0 aliphatic carbocycles. The lowest BCUT2D eigenvalue weighted by Crippen LogP contribution is -2.31. The molecule has 17 heavy (non-hydrogen) atoms. The van der Waals surface area contributed by atoms with Crippen molar-refractivity contribution in [2.24, 2.45) is 0 Å². The van der Waals surface area contributed by atoms with Crippen LogP contribution in [0.3, 0.4) is 0 Å². The first kappa shape index (κ1) is 10.1. The molecule has 1 aromatic heterocycles. The smallest absolute Gasteiger partial charge is 0.0554 e. The van der Waals surface area contributed by atoms with Crippen LogP contribution in [-0.2, 0) is 13.0 Å². The summed E-state index contributed by atoms with van der Waals surface area (Å²) in [5.41, 5.74) is 10.6. The number of anilines is 2. The number of rotatable bonds is 1. The summed E-state index contributed by atoms with van der Waals surface area (Å²) in [6.07, 6.45) is 4.70. The highest BCUT2D eigenvalue weighted by Gasteiger charge is 2.18. The number of hydrogen-bond acceptors (Lipinski definition) is 3. The van der Waals surface area contributed by atoms with E-state index in [1.165, 1.54) is 16.8 Å². The molecule has 0 radical (unpaired) electrons. The Bertz CT molecular complexity index is 522. The van der Waals surface area contributed by atoms with Gasteiger partial charge in [-0.25, -0.2) is 0 Å². The van der Waals surface area contributed by atoms with E-state index in [9.17, 15) is 0 Å². The second kappa shape index (κ2) is 4.09. The van der Waals surface area contributed by atoms with Gasteiger partial charge in [0.15, 0.2) is 0 Å². The first-order valence-corrected chi connectivity index (χ1v) is 5.86. The number of aromatic nitrogens is 1. The number of pyridine rings is 1. The van der Waals surface area contributed by atoms with E-state index < -0.39 is 0 Å². The third-order valence-corrected chi connectivity index (χ3v) is 3.30. The SMILES string of the molecule is Nc1cncc2c1CN(c1ccccc1)CC2. The number of nitrogen functional groups attached to an aromatic ring is 1. The molecule has 0 saturated carbocycles. The minimum Gasteiger partial charge on any atom is -0.397 e. The average Bonchev–Trinajstić information content (AvgIpc) is 2.40. The molecule has 0 spiro atoms. The molecule has 0 unspecified atom stereocenters. The van der Waals surface area contributed by atoms with Gasteiger partial charge < -0.3 is 10.6 Å². The Balaban J connectivity index is 1.93. The van der Waals surface area contributed by atoms with E-state index in [1.807, 2.05) is 12.3 Å². The van der Waals surface area contributed by atoms with Gasteiger partial charge in [0.2, 0.25) is 0 Å². The fourth-order valence-electron chi connectivity index (χ4n) is 2.34. The van der Waals surface area contributed by atoms with Crippen molar-refractivity contribution in [1.29, 1.82) is 0 Å². The summed E-state index contributed by atoms with van der Waals surface area (Å²) < 4.78 is 0. The highest BCUT2D eigenvalue weighted by molar-refractivity contribution is 5.55. The van der Waals surface area contributed by atoms with Crippen LogP contribution in [0.1, 0.15) is 11.1 Å². The van der Waals surface area contributed by atoms with Gasteiger partial charge in [0.1, 0.15) is 0 Å². The Hall–Kier alpha value is -2.03. The largest absolute Gasteiger partial charge is 0.397 e. The fraction of sp³-hybridized carbons (Fsp3) is 0.214. The highest BCUT2D eigenvalue weighted by Crippen LogP contribution is 2.26. The van der Waals surface area contributed by atoms with Crippen LogP contribution in [-0.4, -0.2) is 11.5 Å². The van der Waals surface area contributed by atoms with Crippen LogP contribution >= 0.6 is 0 Å². The number of nitrogens with two attached hydrogens (primary N) is 1. The summed E-state index contributed by atoms with van der Waals surface area (Å²) in [4.78, 5) is 6.51. The first-order chi connectivity index (χ1) is 8.34. The maximum absolute atomic E-state index is 5.99. The zero-order valence-electron chi connectivity index (χ0n) is 9.63. The Kier molecular flexibility index (Phi) is 2.44. The summed E-state index contributed by atoms with van der Waals surface area (Å²) >= 11 is 0. The molecular formula is C14H15N3. The van der Waals surface area contributed by atoms with Gasteiger partial charge in [-0.3, -0.25) is 4.98 Å². The molecule has 3 nitrogen and oxygen atoms in total. The quantitative estimate of drug-likeness (QED) is 0.809. The Morgan fingerprint density at radius 1 is 1.12 bits per heavy atom. The summed E-state index contributed by atoms with van der Waals surface area (Å²) in [5, 5.41) is 0. The van der Waals surface area contributed by atoms with E-state index in [0.717, 1.165) is 25.2 Å². The molecule has 3 rings (SSSR count). The van der Waals surface area contributed by atoms with Gasteiger partial charge in [-0.15, -0.1) is 0 Å². The Morgan fingerprint density at radius 2 is 1.94 bits per heavy atom. The van der Waals surface area contributed by atoms with E-state index in [0.29, 0.717) is 0 Å². The van der Waals surface area contributed by atoms with Crippen molar-refractivity contribution in [1.82, 2.24) is 4.98 Å². The van der Waals surface area contributed by atoms with Gasteiger partial charge in [-0.05, 0) is 24.1 Å². The fourth-order valence-corrected chi connectivity index (χ4v) is 2.34. The van der Waals surface area contributed by atoms with Gasteiger partial charge in [0, 0.05) is 30.5 Å². The molecule has 1 aliphatic rings. The third kappa shape index (κ3) is 1.84. The Labute approximate surface area is 101 Å². The predicted octanol–water partition coefficient (Wildman–Crippen LogP) is 2.23. The van der Waals surface area contributed by atoms with Crippen LogP contribution < -0.4 is 10.6 Å². The van der Waals surface area contributed by atoms with Crippen molar-refractivity contribution in [3.63, 3.8) is 0 Å². The summed E-state index contributed by atoms with van der Waals surface area (Å²) in [6.45, 7) is 1.91. The van der Waals surface area contributed by atoms with E-state index in [2.05, 4.69) is 34.1 Å². The molecule has 2 N–H and O–H groups in total. The molecule has 2 heterocycles. The number of para-hydroxylation sites is 1. The predicted molar refractivity (Wildman–Crippen MR) is 69.8 cm³/mol. The van der Waals surface area contributed by atoms with Gasteiger partial charge in [-0.1, -0.05) is 18.2 Å². The van der Waals surface area contributed by atoms with Crippen LogP contribution in [0, 0.1) is 0 Å². The minimum atomic E-state index is 0.808. The standard InChI is InChI=1S/C14H15N3/c15-14-9-16-8-11-6-7-17(10-13(11)14)12-4-2-1-3-5-12/h1-5,8-9H,6-7,10,15H2. The zero-order valence-corrected chi connectivity index (χ0v) is 9.63. The van der Waals surface area contributed by atoms with Crippen molar-refractivity contribution in [2.45, 2.75) is 13.0 Å². The van der Waals surface area contributed by atoms with Crippen molar-refractivity contribution >= 4 is 11.4 Å². The van der Waals surface area contributed by atoms with E-state index in [-0.39, 0.29) is 0 Å². The van der Waals surface area contributed by atoms with Crippen LogP contribution in [0.2, 0.25) is 0 Å². The van der Waals surface area contributed by atoms with Gasteiger partial charge in [-0.2, -0.15) is 0 Å². The second-order valence-electron chi connectivity index (χ2n) is 4.37. The lowest BCUT2D eigenvalue weighted by Gasteiger charge is -2.31. The van der Waals surface area contributed by atoms with Gasteiger partial charge in [0.05, 0.1) is 11.9 Å². The molecule has 0 amide bonds. The molecule has 86 valence electrons. The molecular weight excluding hydrogens is 210 g/mol. The summed E-state index contributed by atoms with van der Waals surface area (Å²) in [5.74, 6) is 0. The summed E-state index contributed by atoms with van der Waals surface area (Å²) in [6, 6.07) is 10.5. The van der Waals surface area contributed by atoms with Crippen LogP contribution in [0.5, 0.6) is 0 Å². The van der Waals surface area contributed by atoms with Crippen LogP contribution in [0.25, 0.3) is 0 Å². The zero-order chi connectivity index (χ0) is 11.7. The monoisotopic (exact) mass is 225 g/mol. The second-order valence-corrected chi connectivity index (χ2v) is 4.37. The molecule has 0 atom stereocenters. The molecule has 0 fully saturated rings. The molecule has 1 aliphatic heterocycles. The molecule has 0 bridgehead atoms. The number of fused-ring (bicyclic) bond motifs is 1. The lowest BCUT2D eigenvalue weighted by molar-refractivity contribution is 0.730. The van der Waals surface area contributed by atoms with E-state index in [4.69, 9.17) is 5.73 Å². The maximum Gasteiger partial charge on any atom is 0.0554 e. The highest BCUT2D eigenvalue weighted by atomic mass is 15.1. The molecule has 3 heteroatoms. The normalized spacial score (nSPS) is 14.5. The number of hydrogen-bond donors (Lipinski definition) is 1.